The molecular weight excluding hydrogens is 254 g/mol. The summed E-state index contributed by atoms with van der Waals surface area (Å²) < 4.78 is 10.6. The number of benzene rings is 1. The van der Waals surface area contributed by atoms with Crippen LogP contribution in [0.1, 0.15) is 23.2 Å². The van der Waals surface area contributed by atoms with E-state index in [2.05, 4.69) is 5.32 Å². The van der Waals surface area contributed by atoms with Crippen molar-refractivity contribution in [1.82, 2.24) is 5.32 Å². The van der Waals surface area contributed by atoms with E-state index >= 15 is 0 Å². The van der Waals surface area contributed by atoms with Crippen molar-refractivity contribution in [2.75, 3.05) is 20.2 Å². The first kappa shape index (κ1) is 13.2. The molecular formula is C13H16ClNO3. The lowest BCUT2D eigenvalue weighted by Gasteiger charge is -2.24. The van der Waals surface area contributed by atoms with Crippen molar-refractivity contribution in [3.63, 3.8) is 0 Å². The fourth-order valence-electron chi connectivity index (χ4n) is 1.97. The van der Waals surface area contributed by atoms with E-state index in [-0.39, 0.29) is 6.10 Å². The Morgan fingerprint density at radius 2 is 2.11 bits per heavy atom. The molecule has 0 amide bonds. The fourth-order valence-corrected chi connectivity index (χ4v) is 2.13. The van der Waals surface area contributed by atoms with Gasteiger partial charge in [-0.3, -0.25) is 0 Å². The molecule has 1 N–H and O–H groups in total. The summed E-state index contributed by atoms with van der Waals surface area (Å²) in [7, 11) is 1.35. The maximum atomic E-state index is 11.6. The molecule has 0 unspecified atom stereocenters. The van der Waals surface area contributed by atoms with Gasteiger partial charge in [-0.15, -0.1) is 0 Å². The van der Waals surface area contributed by atoms with E-state index in [4.69, 9.17) is 21.1 Å². The quantitative estimate of drug-likeness (QED) is 0.855. The van der Waals surface area contributed by atoms with Crippen LogP contribution in [0.5, 0.6) is 5.75 Å². The van der Waals surface area contributed by atoms with E-state index in [1.807, 2.05) is 0 Å². The highest BCUT2D eigenvalue weighted by atomic mass is 35.5. The first-order valence-corrected chi connectivity index (χ1v) is 6.33. The summed E-state index contributed by atoms with van der Waals surface area (Å²) in [6, 6.07) is 4.95. The van der Waals surface area contributed by atoms with Gasteiger partial charge in [0, 0.05) is 5.02 Å². The van der Waals surface area contributed by atoms with E-state index < -0.39 is 5.97 Å². The Kier molecular flexibility index (Phi) is 4.44. The molecule has 1 aromatic rings. The van der Waals surface area contributed by atoms with Crippen molar-refractivity contribution < 1.29 is 14.3 Å². The van der Waals surface area contributed by atoms with Crippen molar-refractivity contribution in [1.29, 1.82) is 0 Å². The summed E-state index contributed by atoms with van der Waals surface area (Å²) in [5.41, 5.74) is 0.417. The number of esters is 1. The SMILES string of the molecule is COC(=O)c1ccc(Cl)cc1OC1CCNCC1. The second-order valence-corrected chi connectivity index (χ2v) is 4.64. The normalized spacial score (nSPS) is 16.3. The van der Waals surface area contributed by atoms with Gasteiger partial charge in [-0.2, -0.15) is 0 Å². The third-order valence-electron chi connectivity index (χ3n) is 2.93. The summed E-state index contributed by atoms with van der Waals surface area (Å²) in [6.45, 7) is 1.86. The number of methoxy groups -OCH3 is 1. The topological polar surface area (TPSA) is 47.6 Å². The Morgan fingerprint density at radius 1 is 1.39 bits per heavy atom. The van der Waals surface area contributed by atoms with Crippen LogP contribution in [0.15, 0.2) is 18.2 Å². The molecule has 0 atom stereocenters. The largest absolute Gasteiger partial charge is 0.489 e. The Labute approximate surface area is 111 Å². The third-order valence-corrected chi connectivity index (χ3v) is 3.16. The predicted octanol–water partition coefficient (Wildman–Crippen LogP) is 2.26. The molecule has 0 spiro atoms. The lowest BCUT2D eigenvalue weighted by atomic mass is 10.1. The van der Waals surface area contributed by atoms with Gasteiger partial charge < -0.3 is 14.8 Å². The number of piperidine rings is 1. The van der Waals surface area contributed by atoms with Crippen LogP contribution in [0.3, 0.4) is 0 Å². The standard InChI is InChI=1S/C13H16ClNO3/c1-17-13(16)11-3-2-9(14)8-12(11)18-10-4-6-15-7-5-10/h2-3,8,10,15H,4-7H2,1H3. The molecule has 1 aromatic carbocycles. The van der Waals surface area contributed by atoms with Crippen LogP contribution >= 0.6 is 11.6 Å². The number of hydrogen-bond donors (Lipinski definition) is 1. The maximum Gasteiger partial charge on any atom is 0.341 e. The van der Waals surface area contributed by atoms with E-state index in [1.165, 1.54) is 7.11 Å². The fraction of sp³-hybridized carbons (Fsp3) is 0.462. The smallest absolute Gasteiger partial charge is 0.341 e. The zero-order valence-electron chi connectivity index (χ0n) is 10.2. The van der Waals surface area contributed by atoms with Crippen molar-refractivity contribution >= 4 is 17.6 Å². The van der Waals surface area contributed by atoms with Gasteiger partial charge in [0.1, 0.15) is 17.4 Å². The molecule has 1 saturated heterocycles. The maximum absolute atomic E-state index is 11.6. The Balaban J connectivity index is 2.18. The molecule has 2 rings (SSSR count). The van der Waals surface area contributed by atoms with E-state index in [0.29, 0.717) is 16.3 Å². The van der Waals surface area contributed by atoms with E-state index in [1.54, 1.807) is 18.2 Å². The summed E-state index contributed by atoms with van der Waals surface area (Å²) in [4.78, 5) is 11.6. The first-order valence-electron chi connectivity index (χ1n) is 5.96. The lowest BCUT2D eigenvalue weighted by Crippen LogP contribution is -2.34. The predicted molar refractivity (Wildman–Crippen MR) is 69.3 cm³/mol. The molecule has 1 fully saturated rings. The van der Waals surface area contributed by atoms with Gasteiger partial charge in [-0.1, -0.05) is 11.6 Å². The van der Waals surface area contributed by atoms with Crippen LogP contribution < -0.4 is 10.1 Å². The lowest BCUT2D eigenvalue weighted by molar-refractivity contribution is 0.0591. The summed E-state index contributed by atoms with van der Waals surface area (Å²) in [5, 5.41) is 3.81. The number of carbonyl (C=O) groups excluding carboxylic acids is 1. The van der Waals surface area contributed by atoms with Gasteiger partial charge in [0.15, 0.2) is 0 Å². The van der Waals surface area contributed by atoms with Crippen molar-refractivity contribution in [3.05, 3.63) is 28.8 Å². The van der Waals surface area contributed by atoms with Crippen LogP contribution in [0.2, 0.25) is 5.02 Å². The Bertz CT molecular complexity index is 430. The number of nitrogens with one attached hydrogen (secondary N) is 1. The van der Waals surface area contributed by atoms with Crippen molar-refractivity contribution in [2.45, 2.75) is 18.9 Å². The number of ether oxygens (including phenoxy) is 2. The molecule has 0 radical (unpaired) electrons. The molecule has 18 heavy (non-hydrogen) atoms. The van der Waals surface area contributed by atoms with Crippen LogP contribution in [0.4, 0.5) is 0 Å². The van der Waals surface area contributed by atoms with Crippen LogP contribution in [0, 0.1) is 0 Å². The molecule has 0 aliphatic carbocycles. The minimum absolute atomic E-state index is 0.119. The summed E-state index contributed by atoms with van der Waals surface area (Å²) in [5.74, 6) is 0.0943. The number of hydrogen-bond acceptors (Lipinski definition) is 4. The van der Waals surface area contributed by atoms with Gasteiger partial charge in [0.2, 0.25) is 0 Å². The molecule has 0 aromatic heterocycles. The zero-order valence-corrected chi connectivity index (χ0v) is 11.0. The second kappa shape index (κ2) is 6.07. The van der Waals surface area contributed by atoms with E-state index in [0.717, 1.165) is 25.9 Å². The average Bonchev–Trinajstić information content (AvgIpc) is 2.39. The van der Waals surface area contributed by atoms with Crippen molar-refractivity contribution in [3.8, 4) is 5.75 Å². The highest BCUT2D eigenvalue weighted by Gasteiger charge is 2.19. The summed E-state index contributed by atoms with van der Waals surface area (Å²) in [6.07, 6.45) is 1.97. The van der Waals surface area contributed by atoms with Crippen LogP contribution in [0.25, 0.3) is 0 Å². The summed E-state index contributed by atoms with van der Waals surface area (Å²) >= 11 is 5.94. The number of carbonyl (C=O) groups is 1. The molecule has 0 bridgehead atoms. The Morgan fingerprint density at radius 3 is 2.78 bits per heavy atom. The number of rotatable bonds is 3. The Hall–Kier alpha value is -1.26. The third kappa shape index (κ3) is 3.15. The monoisotopic (exact) mass is 269 g/mol. The highest BCUT2D eigenvalue weighted by Crippen LogP contribution is 2.26. The molecule has 1 aliphatic heterocycles. The molecule has 1 heterocycles. The van der Waals surface area contributed by atoms with Gasteiger partial charge >= 0.3 is 5.97 Å². The first-order chi connectivity index (χ1) is 8.70. The van der Waals surface area contributed by atoms with Crippen LogP contribution in [-0.2, 0) is 4.74 Å². The minimum atomic E-state index is -0.407. The molecule has 1 aliphatic rings. The van der Waals surface area contributed by atoms with Crippen molar-refractivity contribution in [2.24, 2.45) is 0 Å². The molecule has 4 nitrogen and oxygen atoms in total. The molecule has 98 valence electrons. The van der Waals surface area contributed by atoms with Gasteiger partial charge in [-0.25, -0.2) is 4.79 Å². The molecule has 5 heteroatoms. The average molecular weight is 270 g/mol. The van der Waals surface area contributed by atoms with Gasteiger partial charge in [0.25, 0.3) is 0 Å². The highest BCUT2D eigenvalue weighted by molar-refractivity contribution is 6.30. The minimum Gasteiger partial charge on any atom is -0.489 e. The molecule has 0 saturated carbocycles. The zero-order chi connectivity index (χ0) is 13.0. The van der Waals surface area contributed by atoms with E-state index in [9.17, 15) is 4.79 Å². The second-order valence-electron chi connectivity index (χ2n) is 4.20. The van der Waals surface area contributed by atoms with Gasteiger partial charge in [0.05, 0.1) is 7.11 Å². The van der Waals surface area contributed by atoms with Gasteiger partial charge in [-0.05, 0) is 44.1 Å². The number of halogens is 1. The van der Waals surface area contributed by atoms with Crippen LogP contribution in [-0.4, -0.2) is 32.3 Å².